The van der Waals surface area contributed by atoms with E-state index in [-0.39, 0.29) is 29.7 Å². The summed E-state index contributed by atoms with van der Waals surface area (Å²) >= 11 is 1.51. The van der Waals surface area contributed by atoms with Crippen LogP contribution in [0.1, 0.15) is 25.3 Å². The molecule has 0 unspecified atom stereocenters. The Bertz CT molecular complexity index is 1050. The molecule has 2 N–H and O–H groups in total. The minimum absolute atomic E-state index is 0.0946. The summed E-state index contributed by atoms with van der Waals surface area (Å²) in [5.74, 6) is 0.842. The van der Waals surface area contributed by atoms with E-state index in [0.29, 0.717) is 23.6 Å². The van der Waals surface area contributed by atoms with Crippen LogP contribution in [0.25, 0.3) is 0 Å². The van der Waals surface area contributed by atoms with Crippen molar-refractivity contribution < 1.29 is 22.7 Å². The maximum absolute atomic E-state index is 13.0. The van der Waals surface area contributed by atoms with Crippen molar-refractivity contribution in [3.8, 4) is 5.75 Å². The Morgan fingerprint density at radius 1 is 1.27 bits per heavy atom. The van der Waals surface area contributed by atoms with Gasteiger partial charge in [-0.25, -0.2) is 8.42 Å². The van der Waals surface area contributed by atoms with Crippen LogP contribution >= 0.6 is 11.8 Å². The SMILES string of the molecule is COc1cccc(CNC(=O)C[C@H](C)S(=O)(=O)c2ccc3c(c2)NC(=O)CCS3)c1. The molecule has 0 fully saturated rings. The molecule has 0 bridgehead atoms. The Balaban J connectivity index is 1.66. The van der Waals surface area contributed by atoms with E-state index in [1.54, 1.807) is 19.2 Å². The van der Waals surface area contributed by atoms with Gasteiger partial charge in [0.05, 0.1) is 22.9 Å². The second kappa shape index (κ2) is 9.53. The number of hydrogen-bond donors (Lipinski definition) is 2. The number of carbonyl (C=O) groups is 2. The molecular formula is C21H24N2O5S2. The maximum Gasteiger partial charge on any atom is 0.225 e. The summed E-state index contributed by atoms with van der Waals surface area (Å²) in [6.07, 6.45) is 0.218. The van der Waals surface area contributed by atoms with E-state index in [1.807, 2.05) is 18.2 Å². The second-order valence-corrected chi connectivity index (χ2v) is 10.5. The third kappa shape index (κ3) is 5.34. The Hall–Kier alpha value is -2.52. The van der Waals surface area contributed by atoms with Gasteiger partial charge >= 0.3 is 0 Å². The summed E-state index contributed by atoms with van der Waals surface area (Å²) in [6, 6.07) is 12.0. The predicted molar refractivity (Wildman–Crippen MR) is 117 cm³/mol. The number of ether oxygens (including phenoxy) is 1. The lowest BCUT2D eigenvalue weighted by molar-refractivity contribution is -0.121. The first-order chi connectivity index (χ1) is 14.3. The number of benzene rings is 2. The molecule has 1 heterocycles. The summed E-state index contributed by atoms with van der Waals surface area (Å²) < 4.78 is 31.1. The van der Waals surface area contributed by atoms with Crippen molar-refractivity contribution in [3.05, 3.63) is 48.0 Å². The van der Waals surface area contributed by atoms with Crippen molar-refractivity contribution in [2.45, 2.75) is 41.4 Å². The molecule has 9 heteroatoms. The van der Waals surface area contributed by atoms with E-state index in [2.05, 4.69) is 10.6 Å². The van der Waals surface area contributed by atoms with Crippen LogP contribution < -0.4 is 15.4 Å². The van der Waals surface area contributed by atoms with Crippen molar-refractivity contribution in [2.24, 2.45) is 0 Å². The maximum atomic E-state index is 13.0. The van der Waals surface area contributed by atoms with Gasteiger partial charge in [-0.3, -0.25) is 9.59 Å². The third-order valence-corrected chi connectivity index (χ3v) is 7.98. The van der Waals surface area contributed by atoms with E-state index in [1.165, 1.54) is 30.8 Å². The van der Waals surface area contributed by atoms with E-state index in [4.69, 9.17) is 4.74 Å². The van der Waals surface area contributed by atoms with Gasteiger partial charge in [0.25, 0.3) is 0 Å². The molecule has 7 nitrogen and oxygen atoms in total. The number of methoxy groups -OCH3 is 1. The molecule has 1 atom stereocenters. The molecule has 0 aromatic heterocycles. The van der Waals surface area contributed by atoms with Crippen molar-refractivity contribution in [1.29, 1.82) is 0 Å². The molecule has 3 rings (SSSR count). The normalized spacial score (nSPS) is 14.8. The molecule has 1 aliphatic heterocycles. The van der Waals surface area contributed by atoms with Gasteiger partial charge in [0, 0.05) is 30.0 Å². The minimum atomic E-state index is -3.73. The largest absolute Gasteiger partial charge is 0.497 e. The van der Waals surface area contributed by atoms with E-state index in [0.717, 1.165) is 10.5 Å². The van der Waals surface area contributed by atoms with Gasteiger partial charge in [-0.1, -0.05) is 12.1 Å². The van der Waals surface area contributed by atoms with Gasteiger partial charge < -0.3 is 15.4 Å². The van der Waals surface area contributed by atoms with Crippen molar-refractivity contribution in [2.75, 3.05) is 18.2 Å². The molecular weight excluding hydrogens is 424 g/mol. The monoisotopic (exact) mass is 448 g/mol. The molecule has 2 aromatic rings. The molecule has 0 saturated carbocycles. The number of sulfone groups is 1. The van der Waals surface area contributed by atoms with Crippen LogP contribution in [0.3, 0.4) is 0 Å². The van der Waals surface area contributed by atoms with Gasteiger partial charge in [-0.05, 0) is 42.8 Å². The van der Waals surface area contributed by atoms with Gasteiger partial charge in [-0.2, -0.15) is 0 Å². The summed E-state index contributed by atoms with van der Waals surface area (Å²) in [6.45, 7) is 1.80. The highest BCUT2D eigenvalue weighted by atomic mass is 32.2. The predicted octanol–water partition coefficient (Wildman–Crippen LogP) is 3.00. The van der Waals surface area contributed by atoms with Gasteiger partial charge in [0.2, 0.25) is 11.8 Å². The topological polar surface area (TPSA) is 102 Å². The smallest absolute Gasteiger partial charge is 0.225 e. The van der Waals surface area contributed by atoms with Crippen LogP contribution in [0.15, 0.2) is 52.3 Å². The third-order valence-electron chi connectivity index (χ3n) is 4.77. The quantitative estimate of drug-likeness (QED) is 0.675. The molecule has 0 spiro atoms. The highest BCUT2D eigenvalue weighted by Gasteiger charge is 2.27. The molecule has 0 aliphatic carbocycles. The summed E-state index contributed by atoms with van der Waals surface area (Å²) in [5.41, 5.74) is 1.36. The number of amides is 2. The Morgan fingerprint density at radius 3 is 2.83 bits per heavy atom. The molecule has 30 heavy (non-hydrogen) atoms. The zero-order chi connectivity index (χ0) is 21.7. The first-order valence-electron chi connectivity index (χ1n) is 9.50. The number of thioether (sulfide) groups is 1. The van der Waals surface area contributed by atoms with Crippen LogP contribution in [0.2, 0.25) is 0 Å². The fraction of sp³-hybridized carbons (Fsp3) is 0.333. The standard InChI is InChI=1S/C21H24N2O5S2/c1-14(10-21(25)22-13-15-4-3-5-16(11-15)28-2)30(26,27)17-6-7-19-18(12-17)23-20(24)8-9-29-19/h3-7,11-12,14H,8-10,13H2,1-2H3,(H,22,25)(H,23,24)/t14-/m0/s1. The van der Waals surface area contributed by atoms with Crippen molar-refractivity contribution in [1.82, 2.24) is 5.32 Å². The van der Waals surface area contributed by atoms with Gasteiger partial charge in [-0.15, -0.1) is 11.8 Å². The van der Waals surface area contributed by atoms with Crippen LogP contribution in [0.4, 0.5) is 5.69 Å². The average Bonchev–Trinajstić information content (AvgIpc) is 2.92. The molecule has 160 valence electrons. The van der Waals surface area contributed by atoms with E-state index < -0.39 is 15.1 Å². The highest BCUT2D eigenvalue weighted by Crippen LogP contribution is 2.33. The molecule has 0 saturated heterocycles. The van der Waals surface area contributed by atoms with E-state index >= 15 is 0 Å². The van der Waals surface area contributed by atoms with Gasteiger partial charge in [0.15, 0.2) is 9.84 Å². The van der Waals surface area contributed by atoms with E-state index in [9.17, 15) is 18.0 Å². The van der Waals surface area contributed by atoms with Crippen LogP contribution in [-0.2, 0) is 26.0 Å². The summed E-state index contributed by atoms with van der Waals surface area (Å²) in [7, 11) is -2.17. The lowest BCUT2D eigenvalue weighted by Gasteiger charge is -2.15. The molecule has 0 radical (unpaired) electrons. The zero-order valence-electron chi connectivity index (χ0n) is 16.8. The number of nitrogens with one attached hydrogen (secondary N) is 2. The molecule has 2 aromatic carbocycles. The van der Waals surface area contributed by atoms with Crippen molar-refractivity contribution in [3.63, 3.8) is 0 Å². The average molecular weight is 449 g/mol. The summed E-state index contributed by atoms with van der Waals surface area (Å²) in [5, 5.41) is 4.59. The fourth-order valence-corrected chi connectivity index (χ4v) is 5.35. The Labute approximate surface area is 180 Å². The Morgan fingerprint density at radius 2 is 2.07 bits per heavy atom. The highest BCUT2D eigenvalue weighted by molar-refractivity contribution is 7.99. The van der Waals surface area contributed by atoms with Crippen LogP contribution in [-0.4, -0.2) is 38.3 Å². The first kappa shape index (κ1) is 22.2. The summed E-state index contributed by atoms with van der Waals surface area (Å²) in [4.78, 5) is 25.0. The number of fused-ring (bicyclic) bond motifs is 1. The lowest BCUT2D eigenvalue weighted by atomic mass is 10.2. The van der Waals surface area contributed by atoms with Crippen molar-refractivity contribution >= 4 is 39.1 Å². The number of hydrogen-bond acceptors (Lipinski definition) is 6. The fourth-order valence-electron chi connectivity index (χ4n) is 3.03. The van der Waals surface area contributed by atoms with Gasteiger partial charge in [0.1, 0.15) is 5.75 Å². The number of anilines is 1. The number of rotatable bonds is 7. The molecule has 1 aliphatic rings. The Kier molecular flexibility index (Phi) is 7.04. The van der Waals surface area contributed by atoms with Crippen LogP contribution in [0, 0.1) is 0 Å². The zero-order valence-corrected chi connectivity index (χ0v) is 18.4. The first-order valence-corrected chi connectivity index (χ1v) is 12.0. The number of carbonyl (C=O) groups excluding carboxylic acids is 2. The van der Waals surface area contributed by atoms with Crippen LogP contribution in [0.5, 0.6) is 5.75 Å². The molecule has 2 amide bonds. The second-order valence-electron chi connectivity index (χ2n) is 6.99. The lowest BCUT2D eigenvalue weighted by Crippen LogP contribution is -2.29. The minimum Gasteiger partial charge on any atom is -0.497 e.